The number of non-ortho nitro benzene ring substituents is 1. The standard InChI is InChI=1S/2C34H28N2O.C33H25N3O2/c1-35(29-14-9-15-30(24-29)37-2)27-20-22-28(23-21-27)36(33-18-7-12-25-10-3-5-16-31(25)33)34-19-8-13-26-11-4-6-17-32(26)34;1-35(28-21-23-30(37-2)24-22-28)27-17-19-29(20-18-27)36(33-15-7-11-25-9-3-5-13-31(25)33)34-16-8-12-26-10-4-6-14-32(26)34;1-34(27-18-22-29(23-19-27)36(37)38)26-16-20-28(21-17-26)35(32-14-6-10-24-8-2-4-12-30(24)32)33-15-7-11-25-9-3-5-13-31(25)33/h2*3-24H,1-2H3;2-23H,1H3. The summed E-state index contributed by atoms with van der Waals surface area (Å²) in [4.78, 5) is 24.1. The summed E-state index contributed by atoms with van der Waals surface area (Å²) in [5, 5.41) is 25.5. The summed E-state index contributed by atoms with van der Waals surface area (Å²) in [5.74, 6) is 1.70. The van der Waals surface area contributed by atoms with Gasteiger partial charge in [0.05, 0.1) is 53.3 Å². The van der Waals surface area contributed by atoms with Crippen molar-refractivity contribution in [2.75, 3.05) is 64.8 Å². The number of anilines is 15. The van der Waals surface area contributed by atoms with Crippen LogP contribution in [0.4, 0.5) is 91.0 Å². The first-order valence-corrected chi connectivity index (χ1v) is 37.4. The maximum Gasteiger partial charge on any atom is 0.269 e. The van der Waals surface area contributed by atoms with Gasteiger partial charge >= 0.3 is 0 Å². The van der Waals surface area contributed by atoms with Crippen LogP contribution in [-0.4, -0.2) is 40.3 Å². The third kappa shape index (κ3) is 14.8. The molecule has 0 saturated heterocycles. The van der Waals surface area contributed by atoms with Gasteiger partial charge in [-0.3, -0.25) is 10.1 Å². The lowest BCUT2D eigenvalue weighted by molar-refractivity contribution is -0.384. The Labute approximate surface area is 652 Å². The predicted molar refractivity (Wildman–Crippen MR) is 472 cm³/mol. The number of nitro groups is 1. The fourth-order valence-corrected chi connectivity index (χ4v) is 15.0. The highest BCUT2D eigenvalue weighted by Crippen LogP contribution is 2.47. The molecule has 11 nitrogen and oxygen atoms in total. The second-order valence-electron chi connectivity index (χ2n) is 27.4. The van der Waals surface area contributed by atoms with E-state index in [0.717, 1.165) is 96.8 Å². The smallest absolute Gasteiger partial charge is 0.269 e. The van der Waals surface area contributed by atoms with Crippen LogP contribution in [0.25, 0.3) is 64.6 Å². The highest BCUT2D eigenvalue weighted by atomic mass is 16.6. The molecule has 18 rings (SSSR count). The van der Waals surface area contributed by atoms with E-state index >= 15 is 0 Å². The minimum Gasteiger partial charge on any atom is -0.497 e. The molecule has 0 atom stereocenters. The average Bonchev–Trinajstić information content (AvgIpc) is 0.772. The van der Waals surface area contributed by atoms with Crippen molar-refractivity contribution in [3.05, 3.63) is 410 Å². The van der Waals surface area contributed by atoms with E-state index in [1.165, 1.54) is 76.8 Å². The van der Waals surface area contributed by atoms with Crippen LogP contribution in [0.3, 0.4) is 0 Å². The summed E-state index contributed by atoms with van der Waals surface area (Å²) in [6, 6.07) is 139. The molecule has 0 bridgehead atoms. The second-order valence-corrected chi connectivity index (χ2v) is 27.4. The molecule has 0 amide bonds. The molecule has 0 N–H and O–H groups in total. The maximum absolute atomic E-state index is 11.0. The summed E-state index contributed by atoms with van der Waals surface area (Å²) in [7, 11) is 9.52. The topological polar surface area (TPSA) is 81.0 Å². The molecule has 0 aliphatic heterocycles. The largest absolute Gasteiger partial charge is 0.497 e. The lowest BCUT2D eigenvalue weighted by atomic mass is 10.0. The molecule has 0 saturated carbocycles. The minimum atomic E-state index is -0.381. The van der Waals surface area contributed by atoms with Crippen LogP contribution in [0.15, 0.2) is 400 Å². The number of hydrogen-bond donors (Lipinski definition) is 0. The molecule has 0 heterocycles. The average molecular weight is 1460 g/mol. The van der Waals surface area contributed by atoms with E-state index in [-0.39, 0.29) is 10.6 Å². The van der Waals surface area contributed by atoms with Gasteiger partial charge in [-0.15, -0.1) is 0 Å². The van der Waals surface area contributed by atoms with Gasteiger partial charge in [0.1, 0.15) is 11.5 Å². The van der Waals surface area contributed by atoms with Gasteiger partial charge in [0, 0.05) is 123 Å². The number of methoxy groups -OCH3 is 2. The van der Waals surface area contributed by atoms with E-state index in [0.29, 0.717) is 0 Å². The van der Waals surface area contributed by atoms with Crippen LogP contribution >= 0.6 is 0 Å². The number of nitrogens with zero attached hydrogens (tertiary/aromatic N) is 7. The number of nitro benzene ring substituents is 1. The Morgan fingerprint density at radius 1 is 0.223 bits per heavy atom. The molecule has 18 aromatic rings. The second kappa shape index (κ2) is 32.4. The summed E-state index contributed by atoms with van der Waals surface area (Å²) in [6.45, 7) is 0. The lowest BCUT2D eigenvalue weighted by Crippen LogP contribution is -2.12. The molecular formula is C101H81N7O4. The van der Waals surface area contributed by atoms with Crippen molar-refractivity contribution in [2.45, 2.75) is 0 Å². The zero-order valence-corrected chi connectivity index (χ0v) is 62.9. The number of benzene rings is 18. The Balaban J connectivity index is 0.000000127. The Bertz CT molecular complexity index is 6090. The van der Waals surface area contributed by atoms with Gasteiger partial charge in [0.25, 0.3) is 5.69 Å². The van der Waals surface area contributed by atoms with Crippen molar-refractivity contribution in [3.8, 4) is 11.5 Å². The van der Waals surface area contributed by atoms with Gasteiger partial charge in [0.15, 0.2) is 0 Å². The highest BCUT2D eigenvalue weighted by Gasteiger charge is 2.23. The van der Waals surface area contributed by atoms with Crippen molar-refractivity contribution in [3.63, 3.8) is 0 Å². The lowest BCUT2D eigenvalue weighted by Gasteiger charge is -2.29. The fraction of sp³-hybridized carbons (Fsp3) is 0.0495. The van der Waals surface area contributed by atoms with Crippen molar-refractivity contribution < 1.29 is 14.4 Å². The molecule has 0 aliphatic carbocycles. The van der Waals surface area contributed by atoms with Gasteiger partial charge in [-0.05, 0) is 190 Å². The third-order valence-electron chi connectivity index (χ3n) is 20.9. The number of fused-ring (bicyclic) bond motifs is 6. The van der Waals surface area contributed by atoms with Gasteiger partial charge in [-0.25, -0.2) is 0 Å². The predicted octanol–water partition coefficient (Wildman–Crippen LogP) is 27.6. The number of hydrogen-bond acceptors (Lipinski definition) is 10. The van der Waals surface area contributed by atoms with E-state index in [1.807, 2.05) is 42.3 Å². The van der Waals surface area contributed by atoms with E-state index < -0.39 is 0 Å². The third-order valence-corrected chi connectivity index (χ3v) is 20.9. The molecule has 0 spiro atoms. The van der Waals surface area contributed by atoms with E-state index in [1.54, 1.807) is 26.4 Å². The Hall–Kier alpha value is -14.7. The van der Waals surface area contributed by atoms with Crippen molar-refractivity contribution >= 4 is 156 Å². The molecule has 0 radical (unpaired) electrons. The molecule has 18 aromatic carbocycles. The van der Waals surface area contributed by atoms with Crippen LogP contribution in [0.5, 0.6) is 11.5 Å². The summed E-state index contributed by atoms with van der Waals surface area (Å²) in [5.41, 5.74) is 16.4. The quantitative estimate of drug-likeness (QED) is 0.0612. The number of ether oxygens (including phenoxy) is 2. The normalized spacial score (nSPS) is 11.0. The van der Waals surface area contributed by atoms with Crippen molar-refractivity contribution in [2.24, 2.45) is 0 Å². The summed E-state index contributed by atoms with van der Waals surface area (Å²) < 4.78 is 10.7. The zero-order chi connectivity index (χ0) is 76.4. The summed E-state index contributed by atoms with van der Waals surface area (Å²) in [6.07, 6.45) is 0. The van der Waals surface area contributed by atoms with Gasteiger partial charge < -0.3 is 38.9 Å². The minimum absolute atomic E-state index is 0.0818. The SMILES string of the molecule is CN(c1ccc(N(c2cccc3ccccc23)c2cccc3ccccc23)cc1)c1ccc([N+](=O)[O-])cc1.COc1ccc(N(C)c2ccc(N(c3cccc4ccccc34)c3cccc4ccccc34)cc2)cc1.COc1cccc(N(C)c2ccc(N(c3cccc4ccccc34)c3cccc4ccccc34)cc2)c1. The van der Waals surface area contributed by atoms with Crippen LogP contribution < -0.4 is 38.9 Å². The molecule has 11 heteroatoms. The van der Waals surface area contributed by atoms with Crippen LogP contribution in [0.2, 0.25) is 0 Å². The van der Waals surface area contributed by atoms with Crippen LogP contribution in [0, 0.1) is 10.1 Å². The van der Waals surface area contributed by atoms with Crippen molar-refractivity contribution in [1.82, 2.24) is 0 Å². The summed E-state index contributed by atoms with van der Waals surface area (Å²) >= 11 is 0. The van der Waals surface area contributed by atoms with E-state index in [2.05, 4.69) is 384 Å². The van der Waals surface area contributed by atoms with Crippen LogP contribution in [0.1, 0.15) is 0 Å². The van der Waals surface area contributed by atoms with Crippen molar-refractivity contribution in [1.29, 1.82) is 0 Å². The van der Waals surface area contributed by atoms with Gasteiger partial charge in [-0.1, -0.05) is 224 Å². The monoisotopic (exact) mass is 1460 g/mol. The molecular weight excluding hydrogens is 1380 g/mol. The Morgan fingerprint density at radius 2 is 0.438 bits per heavy atom. The van der Waals surface area contributed by atoms with Gasteiger partial charge in [0.2, 0.25) is 0 Å². The first-order chi connectivity index (χ1) is 55.0. The molecule has 544 valence electrons. The molecule has 0 aliphatic rings. The van der Waals surface area contributed by atoms with E-state index in [9.17, 15) is 10.1 Å². The Morgan fingerprint density at radius 3 is 0.696 bits per heavy atom. The van der Waals surface area contributed by atoms with Crippen LogP contribution in [-0.2, 0) is 0 Å². The molecule has 112 heavy (non-hydrogen) atoms. The Kier molecular flexibility index (Phi) is 20.7. The maximum atomic E-state index is 11.0. The van der Waals surface area contributed by atoms with Gasteiger partial charge in [-0.2, -0.15) is 0 Å². The zero-order valence-electron chi connectivity index (χ0n) is 62.9. The first kappa shape index (κ1) is 71.6. The van der Waals surface area contributed by atoms with E-state index in [4.69, 9.17) is 9.47 Å². The molecule has 0 fully saturated rings. The fourth-order valence-electron chi connectivity index (χ4n) is 15.0. The molecule has 0 unspecified atom stereocenters. The molecule has 0 aromatic heterocycles. The number of rotatable bonds is 18. The first-order valence-electron chi connectivity index (χ1n) is 37.4. The highest BCUT2D eigenvalue weighted by molar-refractivity contribution is 6.08.